The van der Waals surface area contributed by atoms with Crippen LogP contribution in [-0.4, -0.2) is 26.6 Å². The van der Waals surface area contributed by atoms with Crippen molar-refractivity contribution in [2.45, 2.75) is 38.6 Å². The van der Waals surface area contributed by atoms with Gasteiger partial charge in [-0.15, -0.1) is 0 Å². The molecule has 0 aliphatic heterocycles. The van der Waals surface area contributed by atoms with Gasteiger partial charge in [0, 0.05) is 24.8 Å². The lowest BCUT2D eigenvalue weighted by Crippen LogP contribution is -2.05. The summed E-state index contributed by atoms with van der Waals surface area (Å²) in [7, 11) is 1.88. The van der Waals surface area contributed by atoms with E-state index in [4.69, 9.17) is 0 Å². The number of anilines is 1. The highest BCUT2D eigenvalue weighted by molar-refractivity contribution is 5.53. The Bertz CT molecular complexity index is 583. The van der Waals surface area contributed by atoms with Gasteiger partial charge in [-0.3, -0.25) is 0 Å². The molecule has 3 rings (SSSR count). The summed E-state index contributed by atoms with van der Waals surface area (Å²) < 4.78 is 2.19. The minimum atomic E-state index is 0.381. The molecule has 100 valence electrons. The fraction of sp³-hybridized carbons (Fsp3) is 0.500. The van der Waals surface area contributed by atoms with E-state index in [-0.39, 0.29) is 0 Å². The first-order valence-electron chi connectivity index (χ1n) is 6.78. The topological polar surface area (TPSA) is 55.6 Å². The quantitative estimate of drug-likeness (QED) is 0.915. The van der Waals surface area contributed by atoms with E-state index < -0.39 is 0 Å². The molecule has 2 heterocycles. The third-order valence-electron chi connectivity index (χ3n) is 3.43. The van der Waals surface area contributed by atoms with Crippen LogP contribution in [0.5, 0.6) is 0 Å². The van der Waals surface area contributed by atoms with Crippen LogP contribution in [0.15, 0.2) is 18.6 Å². The van der Waals surface area contributed by atoms with Crippen molar-refractivity contribution in [3.8, 4) is 11.5 Å². The monoisotopic (exact) mass is 257 g/mol. The van der Waals surface area contributed by atoms with Crippen LogP contribution in [-0.2, 0) is 0 Å². The first-order chi connectivity index (χ1) is 9.19. The number of hydrogen-bond donors (Lipinski definition) is 1. The standard InChI is InChI=1S/C14H19N5/c1-9(2)11-6-13(15-3)18-14(17-11)12-7-16-8-19(12)10-4-5-10/h6-10H,4-5H2,1-3H3,(H,15,17,18). The van der Waals surface area contributed by atoms with E-state index in [9.17, 15) is 0 Å². The predicted octanol–water partition coefficient (Wildman–Crippen LogP) is 2.84. The van der Waals surface area contributed by atoms with Gasteiger partial charge in [-0.05, 0) is 18.8 Å². The van der Waals surface area contributed by atoms with Crippen molar-refractivity contribution in [1.29, 1.82) is 0 Å². The zero-order chi connectivity index (χ0) is 13.4. The molecule has 0 unspecified atom stereocenters. The van der Waals surface area contributed by atoms with Crippen LogP contribution in [0.1, 0.15) is 44.3 Å². The van der Waals surface area contributed by atoms with E-state index in [1.807, 2.05) is 25.6 Å². The second kappa shape index (κ2) is 4.64. The Hall–Kier alpha value is -1.91. The average Bonchev–Trinajstić information content (AvgIpc) is 3.15. The lowest BCUT2D eigenvalue weighted by molar-refractivity contribution is 0.739. The van der Waals surface area contributed by atoms with Crippen LogP contribution in [0.25, 0.3) is 11.5 Å². The van der Waals surface area contributed by atoms with Crippen molar-refractivity contribution in [2.24, 2.45) is 0 Å². The highest BCUT2D eigenvalue weighted by Crippen LogP contribution is 2.37. The number of nitrogens with zero attached hydrogens (tertiary/aromatic N) is 4. The van der Waals surface area contributed by atoms with Crippen molar-refractivity contribution in [3.63, 3.8) is 0 Å². The third kappa shape index (κ3) is 2.32. The Balaban J connectivity index is 2.07. The van der Waals surface area contributed by atoms with Crippen LogP contribution >= 0.6 is 0 Å². The first kappa shape index (κ1) is 12.1. The number of imidazole rings is 1. The summed E-state index contributed by atoms with van der Waals surface area (Å²) in [4.78, 5) is 13.5. The van der Waals surface area contributed by atoms with Crippen molar-refractivity contribution >= 4 is 5.82 Å². The molecule has 0 bridgehead atoms. The smallest absolute Gasteiger partial charge is 0.180 e. The second-order valence-electron chi connectivity index (χ2n) is 5.32. The van der Waals surface area contributed by atoms with Crippen molar-refractivity contribution in [2.75, 3.05) is 12.4 Å². The normalized spacial score (nSPS) is 14.9. The summed E-state index contributed by atoms with van der Waals surface area (Å²) >= 11 is 0. The lowest BCUT2D eigenvalue weighted by Gasteiger charge is -2.11. The van der Waals surface area contributed by atoms with Crippen LogP contribution < -0.4 is 5.32 Å². The van der Waals surface area contributed by atoms with E-state index in [0.29, 0.717) is 12.0 Å². The maximum Gasteiger partial charge on any atom is 0.180 e. The highest BCUT2D eigenvalue weighted by Gasteiger charge is 2.26. The van der Waals surface area contributed by atoms with E-state index >= 15 is 0 Å². The van der Waals surface area contributed by atoms with Gasteiger partial charge in [-0.25, -0.2) is 15.0 Å². The Labute approximate surface area is 113 Å². The number of rotatable bonds is 4. The van der Waals surface area contributed by atoms with Crippen LogP contribution in [0.3, 0.4) is 0 Å². The van der Waals surface area contributed by atoms with E-state index in [2.05, 4.69) is 38.7 Å². The molecular weight excluding hydrogens is 238 g/mol. The van der Waals surface area contributed by atoms with Crippen LogP contribution in [0.4, 0.5) is 5.82 Å². The average molecular weight is 257 g/mol. The van der Waals surface area contributed by atoms with Gasteiger partial charge in [-0.1, -0.05) is 13.8 Å². The molecular formula is C14H19N5. The Morgan fingerprint density at radius 2 is 2.11 bits per heavy atom. The maximum atomic E-state index is 4.68. The molecule has 5 heteroatoms. The van der Waals surface area contributed by atoms with Crippen molar-refractivity contribution in [1.82, 2.24) is 19.5 Å². The van der Waals surface area contributed by atoms with Gasteiger partial charge < -0.3 is 9.88 Å². The molecule has 1 N–H and O–H groups in total. The third-order valence-corrected chi connectivity index (χ3v) is 3.43. The molecule has 1 saturated carbocycles. The predicted molar refractivity (Wildman–Crippen MR) is 75.2 cm³/mol. The maximum absolute atomic E-state index is 4.68. The summed E-state index contributed by atoms with van der Waals surface area (Å²) in [6.45, 7) is 4.29. The van der Waals surface area contributed by atoms with Gasteiger partial charge in [0.2, 0.25) is 0 Å². The highest BCUT2D eigenvalue weighted by atomic mass is 15.1. The SMILES string of the molecule is CNc1cc(C(C)C)nc(-c2cncn2C2CC2)n1. The van der Waals surface area contributed by atoms with Gasteiger partial charge >= 0.3 is 0 Å². The van der Waals surface area contributed by atoms with Crippen LogP contribution in [0, 0.1) is 0 Å². The molecule has 2 aromatic rings. The number of nitrogens with one attached hydrogen (secondary N) is 1. The van der Waals surface area contributed by atoms with Gasteiger partial charge in [-0.2, -0.15) is 0 Å². The van der Waals surface area contributed by atoms with E-state index in [0.717, 1.165) is 23.0 Å². The summed E-state index contributed by atoms with van der Waals surface area (Å²) in [6.07, 6.45) is 6.20. The molecule has 0 radical (unpaired) electrons. The Morgan fingerprint density at radius 1 is 1.32 bits per heavy atom. The summed E-state index contributed by atoms with van der Waals surface area (Å²) in [5.74, 6) is 2.00. The largest absolute Gasteiger partial charge is 0.373 e. The van der Waals surface area contributed by atoms with Gasteiger partial charge in [0.1, 0.15) is 11.5 Å². The molecule has 1 fully saturated rings. The minimum absolute atomic E-state index is 0.381. The summed E-state index contributed by atoms with van der Waals surface area (Å²) in [5, 5.41) is 3.11. The van der Waals surface area contributed by atoms with Crippen LogP contribution in [0.2, 0.25) is 0 Å². The van der Waals surface area contributed by atoms with Gasteiger partial charge in [0.05, 0.1) is 12.5 Å². The lowest BCUT2D eigenvalue weighted by atomic mass is 10.1. The molecule has 2 aromatic heterocycles. The fourth-order valence-electron chi connectivity index (χ4n) is 2.13. The van der Waals surface area contributed by atoms with E-state index in [1.54, 1.807) is 0 Å². The zero-order valence-corrected chi connectivity index (χ0v) is 11.6. The second-order valence-corrected chi connectivity index (χ2v) is 5.32. The number of hydrogen-bond acceptors (Lipinski definition) is 4. The van der Waals surface area contributed by atoms with Gasteiger partial charge in [0.15, 0.2) is 5.82 Å². The molecule has 0 amide bonds. The summed E-state index contributed by atoms with van der Waals surface area (Å²) in [6, 6.07) is 2.59. The minimum Gasteiger partial charge on any atom is -0.373 e. The van der Waals surface area contributed by atoms with Gasteiger partial charge in [0.25, 0.3) is 0 Å². The van der Waals surface area contributed by atoms with Crippen molar-refractivity contribution in [3.05, 3.63) is 24.3 Å². The van der Waals surface area contributed by atoms with Crippen molar-refractivity contribution < 1.29 is 0 Å². The summed E-state index contributed by atoms with van der Waals surface area (Å²) in [5.41, 5.74) is 2.07. The molecule has 5 nitrogen and oxygen atoms in total. The number of aromatic nitrogens is 4. The molecule has 19 heavy (non-hydrogen) atoms. The Kier molecular flexibility index (Phi) is 2.97. The first-order valence-corrected chi connectivity index (χ1v) is 6.78. The molecule has 1 aliphatic rings. The molecule has 0 aromatic carbocycles. The fourth-order valence-corrected chi connectivity index (χ4v) is 2.13. The molecule has 0 atom stereocenters. The molecule has 0 spiro atoms. The molecule has 0 saturated heterocycles. The Morgan fingerprint density at radius 3 is 2.74 bits per heavy atom. The molecule has 1 aliphatic carbocycles. The zero-order valence-electron chi connectivity index (χ0n) is 11.6. The van der Waals surface area contributed by atoms with E-state index in [1.165, 1.54) is 12.8 Å².